The molecule has 1 N–H and O–H groups in total. The molecule has 8 heteroatoms. The zero-order chi connectivity index (χ0) is 22.5. The maximum Gasteiger partial charge on any atom is 0.330 e. The van der Waals surface area contributed by atoms with Crippen molar-refractivity contribution in [3.8, 4) is 0 Å². The molecule has 0 atom stereocenters. The quantitative estimate of drug-likeness (QED) is 0.483. The summed E-state index contributed by atoms with van der Waals surface area (Å²) >= 11 is 1.45. The van der Waals surface area contributed by atoms with Crippen molar-refractivity contribution in [2.24, 2.45) is 5.41 Å². The third-order valence-electron chi connectivity index (χ3n) is 6.79. The minimum Gasteiger partial charge on any atom is -0.481 e. The van der Waals surface area contributed by atoms with E-state index in [0.29, 0.717) is 30.6 Å². The normalized spacial score (nSPS) is 16.1. The summed E-state index contributed by atoms with van der Waals surface area (Å²) in [7, 11) is 0. The molecule has 166 valence electrons. The summed E-state index contributed by atoms with van der Waals surface area (Å²) in [6.45, 7) is 4.62. The molecular formula is C24H26N4O3S. The molecule has 0 aliphatic heterocycles. The molecule has 5 rings (SSSR count). The summed E-state index contributed by atoms with van der Waals surface area (Å²) in [5.41, 5.74) is 3.30. The Morgan fingerprint density at radius 3 is 2.72 bits per heavy atom. The van der Waals surface area contributed by atoms with Gasteiger partial charge in [-0.2, -0.15) is 4.37 Å². The maximum atomic E-state index is 13.6. The van der Waals surface area contributed by atoms with Gasteiger partial charge < -0.3 is 5.11 Å². The first kappa shape index (κ1) is 20.9. The van der Waals surface area contributed by atoms with E-state index in [1.54, 1.807) is 15.3 Å². The highest BCUT2D eigenvalue weighted by Gasteiger charge is 2.41. The second-order valence-electron chi connectivity index (χ2n) is 9.03. The number of rotatable bonds is 5. The monoisotopic (exact) mass is 450 g/mol. The number of carbonyl (C=O) groups is 1. The fraction of sp³-hybridized carbons (Fsp3) is 0.417. The van der Waals surface area contributed by atoms with E-state index in [-0.39, 0.29) is 12.2 Å². The van der Waals surface area contributed by atoms with E-state index in [2.05, 4.69) is 35.3 Å². The van der Waals surface area contributed by atoms with E-state index in [4.69, 9.17) is 0 Å². The number of aryl methyl sites for hydroxylation is 2. The lowest BCUT2D eigenvalue weighted by Crippen LogP contribution is -2.40. The van der Waals surface area contributed by atoms with Gasteiger partial charge in [0.1, 0.15) is 0 Å². The molecule has 0 saturated heterocycles. The first-order chi connectivity index (χ1) is 15.4. The van der Waals surface area contributed by atoms with Crippen LogP contribution in [0.15, 0.2) is 35.3 Å². The molecule has 1 saturated carbocycles. The molecule has 0 unspecified atom stereocenters. The molecular weight excluding hydrogens is 424 g/mol. The molecule has 0 amide bonds. The molecule has 4 aromatic rings. The number of carboxylic acid groups (broad SMARTS) is 1. The first-order valence-corrected chi connectivity index (χ1v) is 11.8. The van der Waals surface area contributed by atoms with Crippen molar-refractivity contribution in [1.82, 2.24) is 18.5 Å². The lowest BCUT2D eigenvalue weighted by molar-refractivity contribution is -0.152. The average molecular weight is 451 g/mol. The smallest absolute Gasteiger partial charge is 0.330 e. The van der Waals surface area contributed by atoms with Crippen LogP contribution >= 0.6 is 11.5 Å². The minimum absolute atomic E-state index is 0.151. The number of hydrogen-bond donors (Lipinski definition) is 1. The van der Waals surface area contributed by atoms with E-state index >= 15 is 0 Å². The number of hydrogen-bond acceptors (Lipinski definition) is 5. The van der Waals surface area contributed by atoms with Gasteiger partial charge in [0.05, 0.1) is 27.9 Å². The Balaban J connectivity index is 1.62. The maximum absolute atomic E-state index is 13.6. The van der Waals surface area contributed by atoms with Crippen molar-refractivity contribution < 1.29 is 9.90 Å². The Labute approximate surface area is 189 Å². The average Bonchev–Trinajstić information content (AvgIpc) is 3.29. The minimum atomic E-state index is -0.917. The predicted molar refractivity (Wildman–Crippen MR) is 125 cm³/mol. The fourth-order valence-electron chi connectivity index (χ4n) is 5.19. The van der Waals surface area contributed by atoms with Gasteiger partial charge in [0.15, 0.2) is 5.65 Å². The SMILES string of the molecule is Cc1cc(C)c2c(Cn3c(=O)n(CC4(C(=O)O)CCCCC4)c4ncccc43)nsc2c1. The summed E-state index contributed by atoms with van der Waals surface area (Å²) < 4.78 is 9.03. The van der Waals surface area contributed by atoms with Crippen LogP contribution in [0.3, 0.4) is 0 Å². The third-order valence-corrected chi connectivity index (χ3v) is 7.62. The number of imidazole rings is 1. The van der Waals surface area contributed by atoms with Gasteiger partial charge in [-0.3, -0.25) is 13.9 Å². The van der Waals surface area contributed by atoms with Crippen molar-refractivity contribution in [1.29, 1.82) is 0 Å². The van der Waals surface area contributed by atoms with Crippen LogP contribution in [0.5, 0.6) is 0 Å². The van der Waals surface area contributed by atoms with Gasteiger partial charge in [-0.1, -0.05) is 25.3 Å². The van der Waals surface area contributed by atoms with E-state index in [0.717, 1.165) is 40.6 Å². The Hall–Kier alpha value is -3.00. The lowest BCUT2D eigenvalue weighted by Gasteiger charge is -2.33. The van der Waals surface area contributed by atoms with Crippen LogP contribution in [0.25, 0.3) is 21.3 Å². The Bertz CT molecular complexity index is 1390. The van der Waals surface area contributed by atoms with Gasteiger partial charge in [-0.15, -0.1) is 0 Å². The van der Waals surface area contributed by atoms with Crippen molar-refractivity contribution >= 4 is 38.8 Å². The van der Waals surface area contributed by atoms with E-state index in [1.165, 1.54) is 17.1 Å². The van der Waals surface area contributed by atoms with Crippen LogP contribution in [0, 0.1) is 19.3 Å². The highest BCUT2D eigenvalue weighted by atomic mass is 32.1. The van der Waals surface area contributed by atoms with Crippen molar-refractivity contribution in [2.75, 3.05) is 0 Å². The van der Waals surface area contributed by atoms with Gasteiger partial charge in [-0.25, -0.2) is 9.78 Å². The van der Waals surface area contributed by atoms with Crippen LogP contribution in [0.1, 0.15) is 48.9 Å². The zero-order valence-electron chi connectivity index (χ0n) is 18.3. The molecule has 7 nitrogen and oxygen atoms in total. The van der Waals surface area contributed by atoms with Crippen LogP contribution in [-0.2, 0) is 17.9 Å². The van der Waals surface area contributed by atoms with E-state index in [9.17, 15) is 14.7 Å². The molecule has 0 radical (unpaired) electrons. The number of carboxylic acids is 1. The fourth-order valence-corrected chi connectivity index (χ4v) is 6.16. The summed E-state index contributed by atoms with van der Waals surface area (Å²) in [5.74, 6) is -0.822. The number of benzene rings is 1. The number of fused-ring (bicyclic) bond motifs is 2. The third kappa shape index (κ3) is 3.33. The van der Waals surface area contributed by atoms with E-state index in [1.807, 2.05) is 12.1 Å². The second-order valence-corrected chi connectivity index (χ2v) is 9.84. The number of aliphatic carboxylic acids is 1. The Morgan fingerprint density at radius 1 is 1.19 bits per heavy atom. The standard InChI is InChI=1S/C24H26N4O3S/c1-15-11-16(2)20-17(26-32-19(20)12-15)13-27-18-7-6-10-25-21(18)28(23(27)31)14-24(22(29)30)8-4-3-5-9-24/h6-7,10-12H,3-5,8-9,13-14H2,1-2H3,(H,29,30). The summed E-state index contributed by atoms with van der Waals surface area (Å²) in [6.07, 6.45) is 5.61. The highest BCUT2D eigenvalue weighted by Crippen LogP contribution is 2.38. The number of pyridine rings is 1. The Kier molecular flexibility index (Phi) is 5.12. The first-order valence-electron chi connectivity index (χ1n) is 11.0. The van der Waals surface area contributed by atoms with Crippen LogP contribution in [0.2, 0.25) is 0 Å². The van der Waals surface area contributed by atoms with Crippen LogP contribution < -0.4 is 5.69 Å². The molecule has 1 aliphatic rings. The molecule has 0 bridgehead atoms. The molecule has 32 heavy (non-hydrogen) atoms. The van der Waals surface area contributed by atoms with Crippen molar-refractivity contribution in [2.45, 2.75) is 59.0 Å². The second kappa shape index (κ2) is 7.85. The largest absolute Gasteiger partial charge is 0.481 e. The zero-order valence-corrected chi connectivity index (χ0v) is 19.1. The molecule has 3 heterocycles. The summed E-state index contributed by atoms with van der Waals surface area (Å²) in [4.78, 5) is 30.3. The molecule has 1 aromatic carbocycles. The van der Waals surface area contributed by atoms with Crippen LogP contribution in [0.4, 0.5) is 0 Å². The van der Waals surface area contributed by atoms with Crippen molar-refractivity contribution in [3.63, 3.8) is 0 Å². The van der Waals surface area contributed by atoms with Gasteiger partial charge in [0.25, 0.3) is 0 Å². The van der Waals surface area contributed by atoms with Gasteiger partial charge in [0, 0.05) is 18.1 Å². The van der Waals surface area contributed by atoms with Crippen molar-refractivity contribution in [3.05, 3.63) is 57.8 Å². The summed E-state index contributed by atoms with van der Waals surface area (Å²) in [5, 5.41) is 11.1. The number of nitrogens with zero attached hydrogens (tertiary/aromatic N) is 4. The molecule has 3 aromatic heterocycles. The number of aromatic nitrogens is 4. The highest BCUT2D eigenvalue weighted by molar-refractivity contribution is 7.13. The van der Waals surface area contributed by atoms with Gasteiger partial charge >= 0.3 is 11.7 Å². The van der Waals surface area contributed by atoms with Gasteiger partial charge in [0.2, 0.25) is 0 Å². The topological polar surface area (TPSA) is 90.0 Å². The predicted octanol–water partition coefficient (Wildman–Crippen LogP) is 4.51. The van der Waals surface area contributed by atoms with E-state index < -0.39 is 11.4 Å². The summed E-state index contributed by atoms with van der Waals surface area (Å²) in [6, 6.07) is 7.94. The molecule has 0 spiro atoms. The lowest BCUT2D eigenvalue weighted by atomic mass is 9.74. The molecule has 1 fully saturated rings. The Morgan fingerprint density at radius 2 is 1.97 bits per heavy atom. The van der Waals surface area contributed by atoms with Gasteiger partial charge in [-0.05, 0) is 67.5 Å². The molecule has 1 aliphatic carbocycles. The van der Waals surface area contributed by atoms with Crippen LogP contribution in [-0.4, -0.2) is 29.6 Å².